The van der Waals surface area contributed by atoms with E-state index < -0.39 is 5.60 Å². The summed E-state index contributed by atoms with van der Waals surface area (Å²) in [6.45, 7) is 10.1. The smallest absolute Gasteiger partial charge is 0.119 e. The van der Waals surface area contributed by atoms with Crippen molar-refractivity contribution in [2.24, 2.45) is 5.92 Å². The summed E-state index contributed by atoms with van der Waals surface area (Å²) in [5.74, 6) is 6.51. The van der Waals surface area contributed by atoms with E-state index in [4.69, 9.17) is 0 Å². The number of aliphatic hydroxyl groups is 1. The molecular formula is C12H21NO. The summed E-state index contributed by atoms with van der Waals surface area (Å²) in [4.78, 5) is 2.43. The van der Waals surface area contributed by atoms with Crippen LogP contribution in [-0.2, 0) is 0 Å². The molecule has 0 spiro atoms. The van der Waals surface area contributed by atoms with Crippen molar-refractivity contribution in [3.05, 3.63) is 0 Å². The molecule has 1 saturated heterocycles. The molecule has 0 bridgehead atoms. The fourth-order valence-corrected chi connectivity index (χ4v) is 1.65. The minimum Gasteiger partial charge on any atom is -0.378 e. The van der Waals surface area contributed by atoms with E-state index in [1.165, 1.54) is 0 Å². The van der Waals surface area contributed by atoms with E-state index in [1.807, 2.05) is 0 Å². The van der Waals surface area contributed by atoms with Gasteiger partial charge in [-0.1, -0.05) is 11.8 Å². The average molecular weight is 195 g/mol. The molecule has 80 valence electrons. The van der Waals surface area contributed by atoms with E-state index in [0.717, 1.165) is 19.5 Å². The van der Waals surface area contributed by atoms with Crippen LogP contribution in [0.3, 0.4) is 0 Å². The maximum absolute atomic E-state index is 9.47. The molecule has 0 aliphatic carbocycles. The Labute approximate surface area is 87.3 Å². The Hall–Kier alpha value is -0.520. The van der Waals surface area contributed by atoms with E-state index in [2.05, 4.69) is 30.6 Å². The third-order valence-corrected chi connectivity index (χ3v) is 2.53. The monoisotopic (exact) mass is 195 g/mol. The predicted octanol–water partition coefficient (Wildman–Crippen LogP) is 1.49. The first-order valence-corrected chi connectivity index (χ1v) is 5.37. The van der Waals surface area contributed by atoms with Crippen LogP contribution in [0, 0.1) is 17.8 Å². The zero-order chi connectivity index (χ0) is 10.8. The summed E-state index contributed by atoms with van der Waals surface area (Å²) >= 11 is 0. The van der Waals surface area contributed by atoms with Gasteiger partial charge in [0.25, 0.3) is 0 Å². The molecule has 1 unspecified atom stereocenters. The van der Waals surface area contributed by atoms with E-state index in [0.29, 0.717) is 12.0 Å². The van der Waals surface area contributed by atoms with E-state index >= 15 is 0 Å². The largest absolute Gasteiger partial charge is 0.378 e. The molecule has 1 rings (SSSR count). The Bertz CT molecular complexity index is 241. The van der Waals surface area contributed by atoms with Gasteiger partial charge in [0, 0.05) is 18.5 Å². The summed E-state index contributed by atoms with van der Waals surface area (Å²) in [7, 11) is 0. The number of nitrogens with zero attached hydrogens (tertiary/aromatic N) is 1. The third-order valence-electron chi connectivity index (χ3n) is 2.53. The summed E-state index contributed by atoms with van der Waals surface area (Å²) in [6.07, 6.45) is 1.14. The highest BCUT2D eigenvalue weighted by molar-refractivity contribution is 5.14. The lowest BCUT2D eigenvalue weighted by molar-refractivity contribution is 0.143. The molecule has 1 atom stereocenters. The van der Waals surface area contributed by atoms with Gasteiger partial charge in [-0.2, -0.15) is 0 Å². The number of rotatable bonds is 1. The number of hydrogen-bond acceptors (Lipinski definition) is 2. The van der Waals surface area contributed by atoms with Gasteiger partial charge >= 0.3 is 0 Å². The van der Waals surface area contributed by atoms with Gasteiger partial charge in [0.2, 0.25) is 0 Å². The highest BCUT2D eigenvalue weighted by Crippen LogP contribution is 2.17. The molecular weight excluding hydrogens is 174 g/mol. The van der Waals surface area contributed by atoms with Gasteiger partial charge in [0.1, 0.15) is 5.60 Å². The Balaban J connectivity index is 2.46. The minimum absolute atomic E-state index is 0.448. The van der Waals surface area contributed by atoms with Crippen LogP contribution >= 0.6 is 0 Å². The summed E-state index contributed by atoms with van der Waals surface area (Å²) in [6, 6.07) is 0.615. The fourth-order valence-electron chi connectivity index (χ4n) is 1.65. The molecule has 0 radical (unpaired) electrons. The van der Waals surface area contributed by atoms with Crippen LogP contribution in [0.1, 0.15) is 34.1 Å². The van der Waals surface area contributed by atoms with Crippen molar-refractivity contribution in [3.8, 4) is 11.8 Å². The van der Waals surface area contributed by atoms with E-state index in [-0.39, 0.29) is 0 Å². The lowest BCUT2D eigenvalue weighted by Gasteiger charge is -2.19. The van der Waals surface area contributed by atoms with Gasteiger partial charge in [-0.3, -0.25) is 4.90 Å². The Morgan fingerprint density at radius 2 is 2.07 bits per heavy atom. The molecule has 0 amide bonds. The maximum atomic E-state index is 9.47. The van der Waals surface area contributed by atoms with Crippen molar-refractivity contribution in [2.75, 3.05) is 13.1 Å². The van der Waals surface area contributed by atoms with Gasteiger partial charge in [0.05, 0.1) is 0 Å². The molecule has 0 aromatic rings. The topological polar surface area (TPSA) is 23.5 Å². The molecule has 14 heavy (non-hydrogen) atoms. The Kier molecular flexibility index (Phi) is 3.58. The van der Waals surface area contributed by atoms with Gasteiger partial charge in [-0.05, 0) is 40.7 Å². The second kappa shape index (κ2) is 4.33. The van der Waals surface area contributed by atoms with Crippen molar-refractivity contribution < 1.29 is 5.11 Å². The van der Waals surface area contributed by atoms with Gasteiger partial charge in [0.15, 0.2) is 0 Å². The molecule has 2 nitrogen and oxygen atoms in total. The molecule has 2 heteroatoms. The molecule has 1 aliphatic heterocycles. The number of hydrogen-bond donors (Lipinski definition) is 1. The van der Waals surface area contributed by atoms with Crippen molar-refractivity contribution >= 4 is 0 Å². The minimum atomic E-state index is -0.842. The summed E-state index contributed by atoms with van der Waals surface area (Å²) < 4.78 is 0. The Morgan fingerprint density at radius 3 is 2.50 bits per heavy atom. The maximum Gasteiger partial charge on any atom is 0.119 e. The second-order valence-corrected chi connectivity index (χ2v) is 4.90. The summed E-state index contributed by atoms with van der Waals surface area (Å²) in [5.41, 5.74) is -0.842. The molecule has 0 aromatic carbocycles. The zero-order valence-electron chi connectivity index (χ0n) is 9.67. The van der Waals surface area contributed by atoms with Crippen molar-refractivity contribution in [1.82, 2.24) is 4.90 Å². The SMILES string of the molecule is CC(C)N1CCC(C#CC(C)(C)O)C1. The molecule has 1 aliphatic rings. The van der Waals surface area contributed by atoms with Crippen molar-refractivity contribution in [3.63, 3.8) is 0 Å². The van der Waals surface area contributed by atoms with Crippen LogP contribution in [0.25, 0.3) is 0 Å². The lowest BCUT2D eigenvalue weighted by atomic mass is 10.1. The van der Waals surface area contributed by atoms with Crippen molar-refractivity contribution in [2.45, 2.75) is 45.8 Å². The molecule has 0 aromatic heterocycles. The molecule has 0 saturated carbocycles. The molecule has 1 heterocycles. The molecule has 1 fully saturated rings. The first kappa shape index (κ1) is 11.6. The lowest BCUT2D eigenvalue weighted by Crippen LogP contribution is -2.28. The van der Waals surface area contributed by atoms with Crippen LogP contribution in [0.4, 0.5) is 0 Å². The van der Waals surface area contributed by atoms with Crippen molar-refractivity contribution in [1.29, 1.82) is 0 Å². The van der Waals surface area contributed by atoms with E-state index in [9.17, 15) is 5.11 Å². The van der Waals surface area contributed by atoms with Gasteiger partial charge in [-0.25, -0.2) is 0 Å². The second-order valence-electron chi connectivity index (χ2n) is 4.90. The third kappa shape index (κ3) is 3.69. The first-order valence-electron chi connectivity index (χ1n) is 5.37. The first-order chi connectivity index (χ1) is 6.38. The number of likely N-dealkylation sites (tertiary alicyclic amines) is 1. The van der Waals surface area contributed by atoms with Gasteiger partial charge < -0.3 is 5.11 Å². The quantitative estimate of drug-likeness (QED) is 0.641. The average Bonchev–Trinajstić information content (AvgIpc) is 2.47. The fraction of sp³-hybridized carbons (Fsp3) is 0.833. The molecule has 1 N–H and O–H groups in total. The predicted molar refractivity (Wildman–Crippen MR) is 58.9 cm³/mol. The van der Waals surface area contributed by atoms with Crippen LogP contribution in [0.2, 0.25) is 0 Å². The highest BCUT2D eigenvalue weighted by Gasteiger charge is 2.22. The normalized spacial score (nSPS) is 23.7. The van der Waals surface area contributed by atoms with Gasteiger partial charge in [-0.15, -0.1) is 0 Å². The van der Waals surface area contributed by atoms with Crippen LogP contribution < -0.4 is 0 Å². The van der Waals surface area contributed by atoms with Crippen LogP contribution in [0.5, 0.6) is 0 Å². The van der Waals surface area contributed by atoms with Crippen LogP contribution in [-0.4, -0.2) is 34.7 Å². The highest BCUT2D eigenvalue weighted by atomic mass is 16.3. The Morgan fingerprint density at radius 1 is 1.43 bits per heavy atom. The zero-order valence-corrected chi connectivity index (χ0v) is 9.67. The van der Waals surface area contributed by atoms with E-state index in [1.54, 1.807) is 13.8 Å². The summed E-state index contributed by atoms with van der Waals surface area (Å²) in [5, 5.41) is 9.47. The van der Waals surface area contributed by atoms with Crippen LogP contribution in [0.15, 0.2) is 0 Å². The standard InChI is InChI=1S/C12H21NO/c1-10(2)13-8-6-11(9-13)5-7-12(3,4)14/h10-11,14H,6,8-9H2,1-4H3.